The van der Waals surface area contributed by atoms with Crippen LogP contribution in [0.1, 0.15) is 11.6 Å². The van der Waals surface area contributed by atoms with Crippen molar-refractivity contribution in [3.05, 3.63) is 60.4 Å². The number of benzene rings is 1. The van der Waals surface area contributed by atoms with Crippen molar-refractivity contribution in [1.29, 1.82) is 0 Å². The molecule has 0 radical (unpaired) electrons. The van der Waals surface area contributed by atoms with Gasteiger partial charge in [0, 0.05) is 18.8 Å². The largest absolute Gasteiger partial charge is 0.368 e. The number of hydrogen-bond donors (Lipinski definition) is 1. The number of primary amides is 1. The lowest BCUT2D eigenvalue weighted by Gasteiger charge is -2.15. The fourth-order valence-electron chi connectivity index (χ4n) is 1.75. The Morgan fingerprint density at radius 1 is 1.12 bits per heavy atom. The Bertz CT molecular complexity index is 448. The SMILES string of the molecule is NC(=O)C(Cc1ccccc1)n1cccc1. The van der Waals surface area contributed by atoms with E-state index in [0.717, 1.165) is 5.56 Å². The minimum atomic E-state index is -0.308. The first-order valence-electron chi connectivity index (χ1n) is 5.23. The Morgan fingerprint density at radius 3 is 2.31 bits per heavy atom. The van der Waals surface area contributed by atoms with Crippen LogP contribution in [-0.2, 0) is 11.2 Å². The third-order valence-electron chi connectivity index (χ3n) is 2.59. The highest BCUT2D eigenvalue weighted by molar-refractivity contribution is 5.78. The van der Waals surface area contributed by atoms with Gasteiger partial charge in [-0.3, -0.25) is 4.79 Å². The van der Waals surface area contributed by atoms with Crippen LogP contribution in [0.15, 0.2) is 54.9 Å². The van der Waals surface area contributed by atoms with Crippen molar-refractivity contribution in [2.75, 3.05) is 0 Å². The molecule has 0 aliphatic carbocycles. The van der Waals surface area contributed by atoms with E-state index in [0.29, 0.717) is 6.42 Å². The number of nitrogens with zero attached hydrogens (tertiary/aromatic N) is 1. The minimum Gasteiger partial charge on any atom is -0.368 e. The lowest BCUT2D eigenvalue weighted by Crippen LogP contribution is -2.27. The van der Waals surface area contributed by atoms with Gasteiger partial charge < -0.3 is 10.3 Å². The molecule has 0 aliphatic heterocycles. The Labute approximate surface area is 94.5 Å². The predicted octanol–water partition coefficient (Wildman–Crippen LogP) is 1.76. The molecule has 0 fully saturated rings. The average Bonchev–Trinajstić information content (AvgIpc) is 2.80. The zero-order valence-electron chi connectivity index (χ0n) is 8.91. The van der Waals surface area contributed by atoms with Crippen molar-refractivity contribution in [1.82, 2.24) is 4.57 Å². The number of hydrogen-bond acceptors (Lipinski definition) is 1. The molecule has 1 atom stereocenters. The fraction of sp³-hybridized carbons (Fsp3) is 0.154. The number of aromatic nitrogens is 1. The third-order valence-corrected chi connectivity index (χ3v) is 2.59. The van der Waals surface area contributed by atoms with Crippen molar-refractivity contribution in [2.24, 2.45) is 5.73 Å². The second-order valence-corrected chi connectivity index (χ2v) is 3.74. The maximum atomic E-state index is 11.4. The van der Waals surface area contributed by atoms with Gasteiger partial charge in [-0.05, 0) is 17.7 Å². The summed E-state index contributed by atoms with van der Waals surface area (Å²) in [5, 5.41) is 0. The van der Waals surface area contributed by atoms with E-state index in [1.807, 2.05) is 59.4 Å². The molecule has 0 spiro atoms. The molecule has 16 heavy (non-hydrogen) atoms. The van der Waals surface area contributed by atoms with Crippen LogP contribution < -0.4 is 5.73 Å². The maximum absolute atomic E-state index is 11.4. The first-order valence-corrected chi connectivity index (χ1v) is 5.23. The molecule has 1 heterocycles. The van der Waals surface area contributed by atoms with Crippen molar-refractivity contribution < 1.29 is 4.79 Å². The molecule has 3 heteroatoms. The van der Waals surface area contributed by atoms with Gasteiger partial charge in [-0.25, -0.2) is 0 Å². The van der Waals surface area contributed by atoms with E-state index in [4.69, 9.17) is 5.73 Å². The highest BCUT2D eigenvalue weighted by atomic mass is 16.1. The van der Waals surface area contributed by atoms with E-state index >= 15 is 0 Å². The van der Waals surface area contributed by atoms with Gasteiger partial charge in [-0.1, -0.05) is 30.3 Å². The molecule has 0 saturated carbocycles. The van der Waals surface area contributed by atoms with Gasteiger partial charge in [0.05, 0.1) is 0 Å². The van der Waals surface area contributed by atoms with Gasteiger partial charge in [0.15, 0.2) is 0 Å². The summed E-state index contributed by atoms with van der Waals surface area (Å²) in [7, 11) is 0. The van der Waals surface area contributed by atoms with Crippen LogP contribution in [0.2, 0.25) is 0 Å². The van der Waals surface area contributed by atoms with Gasteiger partial charge >= 0.3 is 0 Å². The molecule has 1 unspecified atom stereocenters. The summed E-state index contributed by atoms with van der Waals surface area (Å²) in [5.74, 6) is -0.306. The van der Waals surface area contributed by atoms with Crippen molar-refractivity contribution in [2.45, 2.75) is 12.5 Å². The number of amides is 1. The molecule has 1 aromatic carbocycles. The van der Waals surface area contributed by atoms with Gasteiger partial charge in [0.25, 0.3) is 0 Å². The van der Waals surface area contributed by atoms with Crippen LogP contribution in [0.3, 0.4) is 0 Å². The van der Waals surface area contributed by atoms with E-state index in [9.17, 15) is 4.79 Å². The van der Waals surface area contributed by atoms with Gasteiger partial charge in [0.2, 0.25) is 5.91 Å². The van der Waals surface area contributed by atoms with Crippen molar-refractivity contribution >= 4 is 5.91 Å². The zero-order valence-corrected chi connectivity index (χ0v) is 8.91. The molecule has 2 rings (SSSR count). The van der Waals surface area contributed by atoms with Gasteiger partial charge in [-0.2, -0.15) is 0 Å². The Balaban J connectivity index is 2.19. The summed E-state index contributed by atoms with van der Waals surface area (Å²) in [6.07, 6.45) is 4.35. The Kier molecular flexibility index (Phi) is 3.05. The molecule has 3 nitrogen and oxygen atoms in total. The molecule has 0 saturated heterocycles. The number of carbonyl (C=O) groups excluding carboxylic acids is 1. The molecule has 82 valence electrons. The lowest BCUT2D eigenvalue weighted by molar-refractivity contribution is -0.121. The summed E-state index contributed by atoms with van der Waals surface area (Å²) < 4.78 is 1.84. The number of rotatable bonds is 4. The summed E-state index contributed by atoms with van der Waals surface area (Å²) in [4.78, 5) is 11.4. The standard InChI is InChI=1S/C13H14N2O/c14-13(16)12(15-8-4-5-9-15)10-11-6-2-1-3-7-11/h1-9,12H,10H2,(H2,14,16). The highest BCUT2D eigenvalue weighted by Crippen LogP contribution is 2.14. The first-order chi connectivity index (χ1) is 7.77. The molecule has 2 N–H and O–H groups in total. The van der Waals surface area contributed by atoms with E-state index in [1.54, 1.807) is 0 Å². The molecule has 1 aromatic heterocycles. The molecule has 1 amide bonds. The number of carbonyl (C=O) groups is 1. The smallest absolute Gasteiger partial charge is 0.240 e. The summed E-state index contributed by atoms with van der Waals surface area (Å²) in [6, 6.07) is 13.4. The second-order valence-electron chi connectivity index (χ2n) is 3.74. The highest BCUT2D eigenvalue weighted by Gasteiger charge is 2.16. The van der Waals surface area contributed by atoms with Gasteiger partial charge in [0.1, 0.15) is 6.04 Å². The lowest BCUT2D eigenvalue weighted by atomic mass is 10.1. The molecule has 2 aromatic rings. The minimum absolute atomic E-state index is 0.306. The second kappa shape index (κ2) is 4.66. The van der Waals surface area contributed by atoms with Crippen LogP contribution in [0.25, 0.3) is 0 Å². The van der Waals surface area contributed by atoms with Gasteiger partial charge in [-0.15, -0.1) is 0 Å². The molecule has 0 bridgehead atoms. The zero-order chi connectivity index (χ0) is 11.4. The van der Waals surface area contributed by atoms with Crippen LogP contribution in [0, 0.1) is 0 Å². The van der Waals surface area contributed by atoms with Crippen LogP contribution in [-0.4, -0.2) is 10.5 Å². The van der Waals surface area contributed by atoms with Crippen molar-refractivity contribution in [3.63, 3.8) is 0 Å². The summed E-state index contributed by atoms with van der Waals surface area (Å²) in [5.41, 5.74) is 6.53. The van der Waals surface area contributed by atoms with E-state index < -0.39 is 0 Å². The summed E-state index contributed by atoms with van der Waals surface area (Å²) in [6.45, 7) is 0. The fourth-order valence-corrected chi connectivity index (χ4v) is 1.75. The number of nitrogens with two attached hydrogens (primary N) is 1. The van der Waals surface area contributed by atoms with E-state index in [1.165, 1.54) is 0 Å². The van der Waals surface area contributed by atoms with E-state index in [2.05, 4.69) is 0 Å². The van der Waals surface area contributed by atoms with Crippen molar-refractivity contribution in [3.8, 4) is 0 Å². The topological polar surface area (TPSA) is 48.0 Å². The molecular weight excluding hydrogens is 200 g/mol. The average molecular weight is 214 g/mol. The third kappa shape index (κ3) is 2.31. The molecular formula is C13H14N2O. The monoisotopic (exact) mass is 214 g/mol. The normalized spacial score (nSPS) is 12.2. The van der Waals surface area contributed by atoms with Crippen LogP contribution in [0.5, 0.6) is 0 Å². The Hall–Kier alpha value is -2.03. The first kappa shape index (κ1) is 10.5. The predicted molar refractivity (Wildman–Crippen MR) is 62.8 cm³/mol. The quantitative estimate of drug-likeness (QED) is 0.828. The Morgan fingerprint density at radius 2 is 1.75 bits per heavy atom. The maximum Gasteiger partial charge on any atom is 0.240 e. The van der Waals surface area contributed by atoms with Crippen LogP contribution >= 0.6 is 0 Å². The van der Waals surface area contributed by atoms with E-state index in [-0.39, 0.29) is 11.9 Å². The molecule has 0 aliphatic rings. The summed E-state index contributed by atoms with van der Waals surface area (Å²) >= 11 is 0. The van der Waals surface area contributed by atoms with Crippen LogP contribution in [0.4, 0.5) is 0 Å².